The van der Waals surface area contributed by atoms with E-state index in [1.54, 1.807) is 15.4 Å². The van der Waals surface area contributed by atoms with Gasteiger partial charge in [-0.3, -0.25) is 19.1 Å². The Balaban J connectivity index is 1.24. The maximum absolute atomic E-state index is 13.2. The number of hydrogen-bond acceptors (Lipinski definition) is 7. The zero-order valence-electron chi connectivity index (χ0n) is 17.8. The number of aromatic nitrogens is 4. The average Bonchev–Trinajstić information content (AvgIpc) is 3.43. The summed E-state index contributed by atoms with van der Waals surface area (Å²) in [6.45, 7) is 5.07. The third kappa shape index (κ3) is 4.30. The fraction of sp³-hybridized carbons (Fsp3) is 0.455. The zero-order valence-corrected chi connectivity index (χ0v) is 18.6. The summed E-state index contributed by atoms with van der Waals surface area (Å²) < 4.78 is 8.71. The molecule has 1 N–H and O–H groups in total. The Bertz CT molecular complexity index is 1160. The van der Waals surface area contributed by atoms with E-state index >= 15 is 0 Å². The lowest BCUT2D eigenvalue weighted by molar-refractivity contribution is -0.121. The normalized spacial score (nSPS) is 18.7. The van der Waals surface area contributed by atoms with E-state index in [1.165, 1.54) is 11.8 Å². The van der Waals surface area contributed by atoms with Crippen LogP contribution in [0.5, 0.6) is 0 Å². The summed E-state index contributed by atoms with van der Waals surface area (Å²) in [5.41, 5.74) is 1.27. The molecular weight excluding hydrogens is 428 g/mol. The van der Waals surface area contributed by atoms with E-state index in [1.807, 2.05) is 30.3 Å². The van der Waals surface area contributed by atoms with Crippen molar-refractivity contribution in [3.63, 3.8) is 0 Å². The number of carbonyl (C=O) groups is 1. The Morgan fingerprint density at radius 1 is 1.22 bits per heavy atom. The summed E-state index contributed by atoms with van der Waals surface area (Å²) in [7, 11) is 0. The molecule has 5 rings (SSSR count). The van der Waals surface area contributed by atoms with Gasteiger partial charge in [-0.05, 0) is 25.1 Å². The molecule has 32 heavy (non-hydrogen) atoms. The Kier molecular flexibility index (Phi) is 6.24. The molecule has 9 nitrogen and oxygen atoms in total. The summed E-state index contributed by atoms with van der Waals surface area (Å²) in [6.07, 6.45) is 2.75. The summed E-state index contributed by atoms with van der Waals surface area (Å²) in [5, 5.41) is 8.50. The summed E-state index contributed by atoms with van der Waals surface area (Å²) in [6, 6.07) is 9.44. The van der Waals surface area contributed by atoms with Gasteiger partial charge in [-0.15, -0.1) is 0 Å². The molecule has 2 aliphatic rings. The molecule has 1 unspecified atom stereocenters. The first-order chi connectivity index (χ1) is 15.7. The highest BCUT2D eigenvalue weighted by atomic mass is 32.2. The number of ether oxygens (including phenoxy) is 1. The van der Waals surface area contributed by atoms with Crippen LogP contribution in [-0.2, 0) is 9.53 Å². The average molecular weight is 455 g/mol. The lowest BCUT2D eigenvalue weighted by Crippen LogP contribution is -2.38. The summed E-state index contributed by atoms with van der Waals surface area (Å²) in [5.74, 6) is 0.631. The molecule has 168 valence electrons. The minimum absolute atomic E-state index is 0.0302. The highest BCUT2D eigenvalue weighted by Crippen LogP contribution is 2.33. The van der Waals surface area contributed by atoms with E-state index in [0.29, 0.717) is 28.5 Å². The molecule has 1 atom stereocenters. The number of thioether (sulfide) groups is 1. The van der Waals surface area contributed by atoms with E-state index in [2.05, 4.69) is 15.3 Å². The predicted octanol–water partition coefficient (Wildman–Crippen LogP) is 1.46. The molecule has 0 radical (unpaired) electrons. The topological polar surface area (TPSA) is 94.3 Å². The minimum atomic E-state index is -0.196. The molecule has 2 aromatic heterocycles. The van der Waals surface area contributed by atoms with E-state index in [4.69, 9.17) is 9.72 Å². The number of morpholine rings is 1. The summed E-state index contributed by atoms with van der Waals surface area (Å²) in [4.78, 5) is 32.8. The van der Waals surface area contributed by atoms with Crippen molar-refractivity contribution in [1.29, 1.82) is 0 Å². The fourth-order valence-electron chi connectivity index (χ4n) is 4.18. The van der Waals surface area contributed by atoms with Crippen LogP contribution in [0, 0.1) is 0 Å². The minimum Gasteiger partial charge on any atom is -0.379 e. The second-order valence-electron chi connectivity index (χ2n) is 8.03. The van der Waals surface area contributed by atoms with Crippen molar-refractivity contribution in [2.75, 3.05) is 45.1 Å². The van der Waals surface area contributed by atoms with Crippen molar-refractivity contribution in [3.8, 4) is 5.69 Å². The molecule has 1 saturated heterocycles. The second kappa shape index (κ2) is 9.43. The Morgan fingerprint density at radius 3 is 2.84 bits per heavy atom. The van der Waals surface area contributed by atoms with Gasteiger partial charge in [0.25, 0.3) is 5.56 Å². The molecule has 1 amide bonds. The van der Waals surface area contributed by atoms with Crippen LogP contribution < -0.4 is 10.9 Å². The summed E-state index contributed by atoms with van der Waals surface area (Å²) >= 11 is 1.51. The first-order valence-corrected chi connectivity index (χ1v) is 11.9. The fourth-order valence-corrected chi connectivity index (χ4v) is 5.31. The predicted molar refractivity (Wildman–Crippen MR) is 122 cm³/mol. The van der Waals surface area contributed by atoms with Crippen LogP contribution in [0.1, 0.15) is 18.9 Å². The Hall–Kier alpha value is -2.69. The van der Waals surface area contributed by atoms with Gasteiger partial charge in [0.2, 0.25) is 5.91 Å². The van der Waals surface area contributed by atoms with Gasteiger partial charge in [0.15, 0.2) is 10.8 Å². The maximum Gasteiger partial charge on any atom is 0.265 e. The molecule has 0 aliphatic carbocycles. The molecule has 10 heteroatoms. The van der Waals surface area contributed by atoms with Crippen molar-refractivity contribution in [2.45, 2.75) is 24.0 Å². The molecule has 3 aromatic rings. The van der Waals surface area contributed by atoms with Crippen LogP contribution >= 0.6 is 11.8 Å². The molecule has 0 saturated carbocycles. The van der Waals surface area contributed by atoms with Crippen molar-refractivity contribution in [3.05, 3.63) is 46.9 Å². The zero-order chi connectivity index (χ0) is 21.9. The van der Waals surface area contributed by atoms with Crippen LogP contribution in [0.25, 0.3) is 16.7 Å². The van der Waals surface area contributed by atoms with E-state index < -0.39 is 0 Å². The van der Waals surface area contributed by atoms with E-state index in [9.17, 15) is 9.59 Å². The van der Waals surface area contributed by atoms with Gasteiger partial charge in [-0.25, -0.2) is 9.67 Å². The molecule has 1 aromatic carbocycles. The highest BCUT2D eigenvalue weighted by molar-refractivity contribution is 7.99. The van der Waals surface area contributed by atoms with E-state index in [0.717, 1.165) is 45.0 Å². The smallest absolute Gasteiger partial charge is 0.265 e. The van der Waals surface area contributed by atoms with Gasteiger partial charge >= 0.3 is 0 Å². The number of fused-ring (bicyclic) bond motifs is 2. The van der Waals surface area contributed by atoms with Crippen LogP contribution in [0.4, 0.5) is 0 Å². The quantitative estimate of drug-likeness (QED) is 0.427. The van der Waals surface area contributed by atoms with Crippen LogP contribution in [0.15, 0.2) is 46.5 Å². The van der Waals surface area contributed by atoms with E-state index in [-0.39, 0.29) is 23.9 Å². The number of amides is 1. The molecular formula is C22H26N6O3S. The first kappa shape index (κ1) is 21.2. The monoisotopic (exact) mass is 454 g/mol. The molecule has 2 aliphatic heterocycles. The largest absolute Gasteiger partial charge is 0.379 e. The highest BCUT2D eigenvalue weighted by Gasteiger charge is 2.29. The number of nitrogens with zero attached hydrogens (tertiary/aromatic N) is 5. The maximum atomic E-state index is 13.2. The molecule has 1 fully saturated rings. The number of hydrogen-bond donors (Lipinski definition) is 1. The second-order valence-corrected chi connectivity index (χ2v) is 9.01. The van der Waals surface area contributed by atoms with Crippen LogP contribution in [0.3, 0.4) is 0 Å². The third-order valence-corrected chi connectivity index (χ3v) is 6.97. The Morgan fingerprint density at radius 2 is 2.03 bits per heavy atom. The van der Waals surface area contributed by atoms with Crippen molar-refractivity contribution in [2.24, 2.45) is 0 Å². The SMILES string of the molecule is O=C(CC1CSc2nc3c(cnn3-c3ccccc3)c(=O)n21)NCCCN1CCOCC1. The van der Waals surface area contributed by atoms with Crippen LogP contribution in [0.2, 0.25) is 0 Å². The number of carbonyl (C=O) groups excluding carboxylic acids is 1. The standard InChI is InChI=1S/C22H26N6O3S/c29-19(23-7-4-8-26-9-11-31-12-10-26)13-17-15-32-22-25-20-18(21(30)27(17)22)14-24-28(20)16-5-2-1-3-6-16/h1-3,5-6,14,17H,4,7-13,15H2,(H,23,29). The van der Waals surface area contributed by atoms with Crippen molar-refractivity contribution >= 4 is 28.7 Å². The number of rotatable bonds is 7. The van der Waals surface area contributed by atoms with Gasteiger partial charge in [0, 0.05) is 31.8 Å². The number of nitrogens with one attached hydrogen (secondary N) is 1. The van der Waals surface area contributed by atoms with Crippen LogP contribution in [-0.4, -0.2) is 75.3 Å². The molecule has 0 bridgehead atoms. The third-order valence-electron chi connectivity index (χ3n) is 5.87. The first-order valence-electron chi connectivity index (χ1n) is 11.0. The van der Waals surface area contributed by atoms with Gasteiger partial charge in [0.05, 0.1) is 31.1 Å². The Labute approximate surface area is 189 Å². The number of para-hydroxylation sites is 1. The van der Waals surface area contributed by atoms with Crippen molar-refractivity contribution in [1.82, 2.24) is 29.5 Å². The lowest BCUT2D eigenvalue weighted by atomic mass is 10.2. The van der Waals surface area contributed by atoms with Crippen molar-refractivity contribution < 1.29 is 9.53 Å². The molecule has 0 spiro atoms. The lowest BCUT2D eigenvalue weighted by Gasteiger charge is -2.26. The molecule has 4 heterocycles. The van der Waals surface area contributed by atoms with Gasteiger partial charge in [-0.1, -0.05) is 30.0 Å². The number of benzene rings is 1. The van der Waals surface area contributed by atoms with Gasteiger partial charge in [-0.2, -0.15) is 5.10 Å². The van der Waals surface area contributed by atoms with Gasteiger partial charge in [0.1, 0.15) is 5.39 Å². The van der Waals surface area contributed by atoms with Gasteiger partial charge < -0.3 is 10.1 Å².